The molecule has 2 aliphatic rings. The van der Waals surface area contributed by atoms with E-state index in [9.17, 15) is 14.0 Å². The van der Waals surface area contributed by atoms with Crippen LogP contribution in [0.15, 0.2) is 48.5 Å². The van der Waals surface area contributed by atoms with Crippen LogP contribution < -0.4 is 10.1 Å². The first-order valence-corrected chi connectivity index (χ1v) is 8.21. The van der Waals surface area contributed by atoms with Gasteiger partial charge in [0.05, 0.1) is 6.54 Å². The average Bonchev–Trinajstić information content (AvgIpc) is 3.10. The maximum Gasteiger partial charge on any atom is 0.325 e. The van der Waals surface area contributed by atoms with Crippen LogP contribution in [0.2, 0.25) is 0 Å². The summed E-state index contributed by atoms with van der Waals surface area (Å²) in [6.07, 6.45) is 1.34. The van der Waals surface area contributed by atoms with Crippen molar-refractivity contribution in [3.63, 3.8) is 0 Å². The zero-order valence-corrected chi connectivity index (χ0v) is 13.5. The number of imide groups is 1. The van der Waals surface area contributed by atoms with E-state index >= 15 is 0 Å². The molecule has 5 nitrogen and oxygen atoms in total. The average molecular weight is 340 g/mol. The van der Waals surface area contributed by atoms with Gasteiger partial charge in [0.1, 0.15) is 23.7 Å². The molecule has 0 aromatic heterocycles. The van der Waals surface area contributed by atoms with E-state index in [2.05, 4.69) is 5.32 Å². The van der Waals surface area contributed by atoms with Crippen molar-refractivity contribution in [2.45, 2.75) is 18.4 Å². The van der Waals surface area contributed by atoms with Crippen LogP contribution in [0.5, 0.6) is 5.75 Å². The van der Waals surface area contributed by atoms with E-state index in [1.807, 2.05) is 24.3 Å². The third kappa shape index (κ3) is 2.54. The Morgan fingerprint density at radius 2 is 1.88 bits per heavy atom. The first kappa shape index (κ1) is 15.6. The lowest BCUT2D eigenvalue weighted by atomic mass is 9.92. The largest absolute Gasteiger partial charge is 0.492 e. The standard InChI is InChI=1S/C19H17FN2O3/c20-14-5-7-15(8-6-14)25-12-11-22-17(23)19(21-18(22)24)10-9-13-3-1-2-4-16(13)19/h1-8H,9-12H2,(H,21,24). The predicted octanol–water partition coefficient (Wildman–Crippen LogP) is 2.60. The molecular formula is C19H17FN2O3. The zero-order valence-electron chi connectivity index (χ0n) is 13.5. The number of hydrogen-bond donors (Lipinski definition) is 1. The molecule has 1 aliphatic heterocycles. The van der Waals surface area contributed by atoms with Crippen LogP contribution in [-0.2, 0) is 16.8 Å². The Bertz CT molecular complexity index is 837. The molecule has 1 saturated heterocycles. The molecule has 1 unspecified atom stereocenters. The van der Waals surface area contributed by atoms with Gasteiger partial charge in [0.2, 0.25) is 0 Å². The summed E-state index contributed by atoms with van der Waals surface area (Å²) < 4.78 is 18.4. The van der Waals surface area contributed by atoms with Gasteiger partial charge in [-0.3, -0.25) is 9.69 Å². The van der Waals surface area contributed by atoms with Gasteiger partial charge < -0.3 is 10.1 Å². The fourth-order valence-electron chi connectivity index (χ4n) is 3.58. The second kappa shape index (κ2) is 5.88. The Morgan fingerprint density at radius 1 is 1.12 bits per heavy atom. The fourth-order valence-corrected chi connectivity index (χ4v) is 3.58. The van der Waals surface area contributed by atoms with Crippen molar-refractivity contribution in [3.05, 3.63) is 65.5 Å². The number of carbonyl (C=O) groups is 2. The van der Waals surface area contributed by atoms with Gasteiger partial charge >= 0.3 is 6.03 Å². The van der Waals surface area contributed by atoms with Gasteiger partial charge in [-0.05, 0) is 48.2 Å². The second-order valence-corrected chi connectivity index (χ2v) is 6.25. The van der Waals surface area contributed by atoms with Gasteiger partial charge in [0.25, 0.3) is 5.91 Å². The Kier molecular flexibility index (Phi) is 3.67. The van der Waals surface area contributed by atoms with E-state index in [0.29, 0.717) is 12.2 Å². The van der Waals surface area contributed by atoms with E-state index in [-0.39, 0.29) is 24.9 Å². The molecule has 1 atom stereocenters. The summed E-state index contributed by atoms with van der Waals surface area (Å²) in [5, 5.41) is 2.87. The monoisotopic (exact) mass is 340 g/mol. The van der Waals surface area contributed by atoms with Gasteiger partial charge in [-0.2, -0.15) is 0 Å². The molecule has 0 radical (unpaired) electrons. The third-order valence-electron chi connectivity index (χ3n) is 4.82. The van der Waals surface area contributed by atoms with Gasteiger partial charge in [-0.25, -0.2) is 9.18 Å². The lowest BCUT2D eigenvalue weighted by molar-refractivity contribution is -0.131. The topological polar surface area (TPSA) is 58.6 Å². The van der Waals surface area contributed by atoms with Crippen LogP contribution in [0.1, 0.15) is 17.5 Å². The number of urea groups is 1. The second-order valence-electron chi connectivity index (χ2n) is 6.25. The number of benzene rings is 2. The van der Waals surface area contributed by atoms with Gasteiger partial charge in [-0.15, -0.1) is 0 Å². The molecule has 1 N–H and O–H groups in total. The molecule has 2 aromatic rings. The SMILES string of the molecule is O=C1NC2(CCc3ccccc32)C(=O)N1CCOc1ccc(F)cc1. The molecule has 1 spiro atoms. The van der Waals surface area contributed by atoms with E-state index in [1.165, 1.54) is 29.2 Å². The van der Waals surface area contributed by atoms with E-state index < -0.39 is 11.6 Å². The first-order valence-electron chi connectivity index (χ1n) is 8.21. The zero-order chi connectivity index (χ0) is 17.4. The summed E-state index contributed by atoms with van der Waals surface area (Å²) in [7, 11) is 0. The molecule has 1 fully saturated rings. The van der Waals surface area contributed by atoms with E-state index in [4.69, 9.17) is 4.74 Å². The van der Waals surface area contributed by atoms with Crippen LogP contribution in [-0.4, -0.2) is 30.0 Å². The Morgan fingerprint density at radius 3 is 2.68 bits per heavy atom. The van der Waals surface area contributed by atoms with Gasteiger partial charge in [-0.1, -0.05) is 24.3 Å². The maximum atomic E-state index is 12.9. The predicted molar refractivity (Wildman–Crippen MR) is 88.6 cm³/mol. The minimum atomic E-state index is -0.941. The Balaban J connectivity index is 1.46. The van der Waals surface area contributed by atoms with Crippen molar-refractivity contribution in [2.24, 2.45) is 0 Å². The number of halogens is 1. The van der Waals surface area contributed by atoms with Crippen LogP contribution in [0, 0.1) is 5.82 Å². The first-order chi connectivity index (χ1) is 12.1. The third-order valence-corrected chi connectivity index (χ3v) is 4.82. The molecule has 1 heterocycles. The number of fused-ring (bicyclic) bond motifs is 2. The number of ether oxygens (including phenoxy) is 1. The van der Waals surface area contributed by atoms with Gasteiger partial charge in [0.15, 0.2) is 0 Å². The summed E-state index contributed by atoms with van der Waals surface area (Å²) in [6.45, 7) is 0.300. The minimum absolute atomic E-state index is 0.145. The normalized spacial score (nSPS) is 21.6. The van der Waals surface area contributed by atoms with E-state index in [1.54, 1.807) is 0 Å². The molecule has 1 aliphatic carbocycles. The van der Waals surface area contributed by atoms with Crippen molar-refractivity contribution in [2.75, 3.05) is 13.2 Å². The van der Waals surface area contributed by atoms with Crippen molar-refractivity contribution < 1.29 is 18.7 Å². The van der Waals surface area contributed by atoms with Crippen molar-refractivity contribution in [1.82, 2.24) is 10.2 Å². The van der Waals surface area contributed by atoms with E-state index in [0.717, 1.165) is 17.5 Å². The van der Waals surface area contributed by atoms with Crippen molar-refractivity contribution in [3.8, 4) is 5.75 Å². The smallest absolute Gasteiger partial charge is 0.325 e. The molecule has 4 rings (SSSR count). The summed E-state index contributed by atoms with van der Waals surface area (Å²) in [4.78, 5) is 26.5. The quantitative estimate of drug-likeness (QED) is 0.871. The number of carbonyl (C=O) groups excluding carboxylic acids is 2. The van der Waals surface area contributed by atoms with Crippen molar-refractivity contribution >= 4 is 11.9 Å². The van der Waals surface area contributed by atoms with Crippen LogP contribution in [0.4, 0.5) is 9.18 Å². The van der Waals surface area contributed by atoms with Crippen molar-refractivity contribution in [1.29, 1.82) is 0 Å². The summed E-state index contributed by atoms with van der Waals surface area (Å²) >= 11 is 0. The molecule has 2 aromatic carbocycles. The summed E-state index contributed by atoms with van der Waals surface area (Å²) in [6, 6.07) is 12.9. The Labute approximate surface area is 144 Å². The molecular weight excluding hydrogens is 323 g/mol. The highest BCUT2D eigenvalue weighted by Gasteiger charge is 2.54. The molecule has 6 heteroatoms. The number of hydrogen-bond acceptors (Lipinski definition) is 3. The van der Waals surface area contributed by atoms with Crippen LogP contribution in [0.25, 0.3) is 0 Å². The van der Waals surface area contributed by atoms with Crippen LogP contribution >= 0.6 is 0 Å². The molecule has 3 amide bonds. The summed E-state index contributed by atoms with van der Waals surface area (Å²) in [5.74, 6) is -0.0807. The number of aryl methyl sites for hydroxylation is 1. The highest BCUT2D eigenvalue weighted by Crippen LogP contribution is 2.41. The molecule has 0 bridgehead atoms. The fraction of sp³-hybridized carbons (Fsp3) is 0.263. The number of nitrogens with one attached hydrogen (secondary N) is 1. The van der Waals surface area contributed by atoms with Gasteiger partial charge in [0, 0.05) is 0 Å². The molecule has 128 valence electrons. The number of nitrogens with zero attached hydrogens (tertiary/aromatic N) is 1. The number of rotatable bonds is 4. The van der Waals surface area contributed by atoms with Crippen LogP contribution in [0.3, 0.4) is 0 Å². The lowest BCUT2D eigenvalue weighted by Crippen LogP contribution is -2.42. The Hall–Kier alpha value is -2.89. The minimum Gasteiger partial charge on any atom is -0.492 e. The molecule has 0 saturated carbocycles. The maximum absolute atomic E-state index is 12.9. The lowest BCUT2D eigenvalue weighted by Gasteiger charge is -2.22. The number of amides is 3. The summed E-state index contributed by atoms with van der Waals surface area (Å²) in [5.41, 5.74) is 1.04. The highest BCUT2D eigenvalue weighted by atomic mass is 19.1. The molecule has 25 heavy (non-hydrogen) atoms. The highest BCUT2D eigenvalue weighted by molar-refractivity contribution is 6.08.